The normalized spacial score (nSPS) is 14.9. The van der Waals surface area contributed by atoms with Gasteiger partial charge in [0, 0.05) is 31.3 Å². The number of methoxy groups -OCH3 is 1. The van der Waals surface area contributed by atoms with E-state index in [1.54, 1.807) is 17.9 Å². The molecule has 0 saturated carbocycles. The van der Waals surface area contributed by atoms with Crippen LogP contribution in [0.4, 0.5) is 0 Å². The topological polar surface area (TPSA) is 65.8 Å². The number of hydrogen-bond acceptors (Lipinski definition) is 5. The van der Waals surface area contributed by atoms with E-state index in [0.29, 0.717) is 30.3 Å². The van der Waals surface area contributed by atoms with Crippen LogP contribution in [0.15, 0.2) is 78.9 Å². The molecule has 4 aromatic rings. The van der Waals surface area contributed by atoms with Crippen LogP contribution in [0.2, 0.25) is 0 Å². The highest BCUT2D eigenvalue weighted by Crippen LogP contribution is 2.35. The maximum Gasteiger partial charge on any atom is 0.254 e. The standard InChI is InChI=1S/C31H33N3O4/c1-22-10-7-15-26(18-22)38-31-28(29(32-33(31)2)23-11-5-4-6-12-23)21-34(20-27-16-9-17-37-27)30(35)24-13-8-14-25(19-24)36-3/h4-8,10-15,18-19,27H,9,16-17,20-21H2,1-3H3. The lowest BCUT2D eigenvalue weighted by atomic mass is 10.1. The summed E-state index contributed by atoms with van der Waals surface area (Å²) in [6.07, 6.45) is 1.91. The molecule has 1 atom stereocenters. The van der Waals surface area contributed by atoms with Gasteiger partial charge in [0.05, 0.1) is 25.3 Å². The molecule has 0 N–H and O–H groups in total. The van der Waals surface area contributed by atoms with Crippen molar-refractivity contribution in [2.45, 2.75) is 32.4 Å². The van der Waals surface area contributed by atoms with Gasteiger partial charge in [-0.05, 0) is 55.7 Å². The summed E-state index contributed by atoms with van der Waals surface area (Å²) < 4.78 is 19.5. The molecule has 0 radical (unpaired) electrons. The fraction of sp³-hybridized carbons (Fsp3) is 0.290. The SMILES string of the molecule is COc1cccc(C(=O)N(Cc2c(-c3ccccc3)nn(C)c2Oc2cccc(C)c2)CC2CCCO2)c1. The van der Waals surface area contributed by atoms with E-state index in [1.165, 1.54) is 0 Å². The quantitative estimate of drug-likeness (QED) is 0.275. The molecule has 3 aromatic carbocycles. The Labute approximate surface area is 223 Å². The van der Waals surface area contributed by atoms with Crippen molar-refractivity contribution in [3.63, 3.8) is 0 Å². The van der Waals surface area contributed by atoms with E-state index in [-0.39, 0.29) is 12.0 Å². The Hall–Kier alpha value is -4.10. The lowest BCUT2D eigenvalue weighted by Gasteiger charge is -2.26. The second-order valence-corrected chi connectivity index (χ2v) is 9.59. The maximum atomic E-state index is 13.9. The van der Waals surface area contributed by atoms with Crippen molar-refractivity contribution in [1.29, 1.82) is 0 Å². The molecule has 1 saturated heterocycles. The molecule has 7 heteroatoms. The van der Waals surface area contributed by atoms with Crippen molar-refractivity contribution in [1.82, 2.24) is 14.7 Å². The largest absolute Gasteiger partial charge is 0.497 e. The second kappa shape index (κ2) is 11.5. The van der Waals surface area contributed by atoms with Gasteiger partial charge in [-0.2, -0.15) is 5.10 Å². The van der Waals surface area contributed by atoms with Crippen LogP contribution in [0.5, 0.6) is 17.4 Å². The number of carbonyl (C=O) groups is 1. The smallest absolute Gasteiger partial charge is 0.254 e. The predicted octanol–water partition coefficient (Wildman–Crippen LogP) is 6.02. The highest BCUT2D eigenvalue weighted by molar-refractivity contribution is 5.94. The maximum absolute atomic E-state index is 13.9. The third-order valence-electron chi connectivity index (χ3n) is 6.74. The van der Waals surface area contributed by atoms with Gasteiger partial charge in [-0.15, -0.1) is 0 Å². The molecule has 7 nitrogen and oxygen atoms in total. The first kappa shape index (κ1) is 25.5. The number of aromatic nitrogens is 2. The van der Waals surface area contributed by atoms with E-state index < -0.39 is 0 Å². The van der Waals surface area contributed by atoms with Gasteiger partial charge in [-0.3, -0.25) is 4.79 Å². The van der Waals surface area contributed by atoms with Crippen molar-refractivity contribution >= 4 is 5.91 Å². The molecule has 38 heavy (non-hydrogen) atoms. The molecule has 1 aromatic heterocycles. The van der Waals surface area contributed by atoms with Crippen LogP contribution in [-0.2, 0) is 18.3 Å². The minimum Gasteiger partial charge on any atom is -0.497 e. The number of aryl methyl sites for hydroxylation is 2. The predicted molar refractivity (Wildman–Crippen MR) is 147 cm³/mol. The highest BCUT2D eigenvalue weighted by atomic mass is 16.5. The molecule has 0 aliphatic carbocycles. The molecule has 196 valence electrons. The molecule has 0 spiro atoms. The summed E-state index contributed by atoms with van der Waals surface area (Å²) in [5, 5.41) is 4.85. The number of ether oxygens (including phenoxy) is 3. The summed E-state index contributed by atoms with van der Waals surface area (Å²) in [4.78, 5) is 15.8. The Morgan fingerprint density at radius 1 is 1.05 bits per heavy atom. The Balaban J connectivity index is 1.56. The lowest BCUT2D eigenvalue weighted by Crippen LogP contribution is -2.37. The van der Waals surface area contributed by atoms with Crippen molar-refractivity contribution in [2.75, 3.05) is 20.3 Å². The Kier molecular flexibility index (Phi) is 7.75. The number of rotatable bonds is 9. The number of carbonyl (C=O) groups excluding carboxylic acids is 1. The molecule has 1 amide bonds. The first-order valence-corrected chi connectivity index (χ1v) is 12.9. The minimum absolute atomic E-state index is 0.0115. The van der Waals surface area contributed by atoms with Crippen LogP contribution in [0.25, 0.3) is 11.3 Å². The Morgan fingerprint density at radius 3 is 2.58 bits per heavy atom. The zero-order valence-corrected chi connectivity index (χ0v) is 22.1. The molecule has 0 bridgehead atoms. The van der Waals surface area contributed by atoms with E-state index in [1.807, 2.05) is 91.7 Å². The van der Waals surface area contributed by atoms with Crippen LogP contribution in [0.3, 0.4) is 0 Å². The van der Waals surface area contributed by atoms with Gasteiger partial charge in [0.1, 0.15) is 17.2 Å². The summed E-state index contributed by atoms with van der Waals surface area (Å²) in [6, 6.07) is 25.2. The third kappa shape index (κ3) is 5.73. The van der Waals surface area contributed by atoms with Gasteiger partial charge in [0.15, 0.2) is 0 Å². The summed E-state index contributed by atoms with van der Waals surface area (Å²) in [7, 11) is 3.47. The fourth-order valence-corrected chi connectivity index (χ4v) is 4.82. The molecule has 1 unspecified atom stereocenters. The van der Waals surface area contributed by atoms with E-state index in [9.17, 15) is 4.79 Å². The van der Waals surface area contributed by atoms with Crippen molar-refractivity contribution in [2.24, 2.45) is 7.05 Å². The van der Waals surface area contributed by atoms with Gasteiger partial charge < -0.3 is 19.1 Å². The van der Waals surface area contributed by atoms with Gasteiger partial charge in [0.2, 0.25) is 5.88 Å². The first-order valence-electron chi connectivity index (χ1n) is 12.9. The van der Waals surface area contributed by atoms with Gasteiger partial charge in [0.25, 0.3) is 5.91 Å². The first-order chi connectivity index (χ1) is 18.5. The van der Waals surface area contributed by atoms with Gasteiger partial charge >= 0.3 is 0 Å². The zero-order chi connectivity index (χ0) is 26.5. The molecule has 1 aliphatic rings. The molecule has 1 aliphatic heterocycles. The Bertz CT molecular complexity index is 1390. The van der Waals surface area contributed by atoms with Crippen molar-refractivity contribution in [3.05, 3.63) is 95.6 Å². The highest BCUT2D eigenvalue weighted by Gasteiger charge is 2.28. The molecular formula is C31H33N3O4. The van der Waals surface area contributed by atoms with Gasteiger partial charge in [-0.1, -0.05) is 48.5 Å². The average molecular weight is 512 g/mol. The lowest BCUT2D eigenvalue weighted by molar-refractivity contribution is 0.0506. The van der Waals surface area contributed by atoms with E-state index in [4.69, 9.17) is 19.3 Å². The fourth-order valence-electron chi connectivity index (χ4n) is 4.82. The van der Waals surface area contributed by atoms with Gasteiger partial charge in [-0.25, -0.2) is 4.68 Å². The number of nitrogens with zero attached hydrogens (tertiary/aromatic N) is 3. The third-order valence-corrected chi connectivity index (χ3v) is 6.74. The van der Waals surface area contributed by atoms with Crippen molar-refractivity contribution in [3.8, 4) is 28.6 Å². The van der Waals surface area contributed by atoms with Crippen LogP contribution >= 0.6 is 0 Å². The number of amides is 1. The summed E-state index contributed by atoms with van der Waals surface area (Å²) in [6.45, 7) is 3.54. The molecular weight excluding hydrogens is 478 g/mol. The number of benzene rings is 3. The van der Waals surface area contributed by atoms with Crippen LogP contribution in [0, 0.1) is 6.92 Å². The van der Waals surface area contributed by atoms with E-state index in [0.717, 1.165) is 47.6 Å². The monoisotopic (exact) mass is 511 g/mol. The van der Waals surface area contributed by atoms with Crippen LogP contribution < -0.4 is 9.47 Å². The zero-order valence-electron chi connectivity index (χ0n) is 22.1. The summed E-state index contributed by atoms with van der Waals surface area (Å²) in [5.41, 5.74) is 4.25. The molecule has 2 heterocycles. The number of hydrogen-bond donors (Lipinski definition) is 0. The van der Waals surface area contributed by atoms with E-state index >= 15 is 0 Å². The van der Waals surface area contributed by atoms with Crippen LogP contribution in [-0.4, -0.2) is 47.0 Å². The second-order valence-electron chi connectivity index (χ2n) is 9.59. The van der Waals surface area contributed by atoms with E-state index in [2.05, 4.69) is 0 Å². The average Bonchev–Trinajstić information content (AvgIpc) is 3.56. The van der Waals surface area contributed by atoms with Crippen LogP contribution in [0.1, 0.15) is 34.3 Å². The Morgan fingerprint density at radius 2 is 1.84 bits per heavy atom. The molecule has 1 fully saturated rings. The summed E-state index contributed by atoms with van der Waals surface area (Å²) >= 11 is 0. The summed E-state index contributed by atoms with van der Waals surface area (Å²) in [5.74, 6) is 1.87. The van der Waals surface area contributed by atoms with Crippen molar-refractivity contribution < 1.29 is 19.0 Å². The molecule has 5 rings (SSSR count). The minimum atomic E-state index is -0.0937.